The van der Waals surface area contributed by atoms with E-state index in [1.807, 2.05) is 19.1 Å². The predicted octanol–water partition coefficient (Wildman–Crippen LogP) is 3.02. The van der Waals surface area contributed by atoms with Crippen molar-refractivity contribution in [2.45, 2.75) is 38.7 Å². The fraction of sp³-hybridized carbons (Fsp3) is 0.600. The summed E-state index contributed by atoms with van der Waals surface area (Å²) in [5, 5.41) is 10.6. The molecular formula is C15H22O2. The lowest BCUT2D eigenvalue weighted by Crippen LogP contribution is -2.28. The van der Waals surface area contributed by atoms with Gasteiger partial charge in [-0.1, -0.05) is 29.8 Å². The monoisotopic (exact) mass is 234 g/mol. The Morgan fingerprint density at radius 2 is 1.82 bits per heavy atom. The number of hydrogen-bond donors (Lipinski definition) is 1. The van der Waals surface area contributed by atoms with Crippen molar-refractivity contribution < 1.29 is 9.84 Å². The third-order valence-corrected chi connectivity index (χ3v) is 3.70. The lowest BCUT2D eigenvalue weighted by atomic mass is 9.82. The van der Waals surface area contributed by atoms with Gasteiger partial charge < -0.3 is 9.84 Å². The van der Waals surface area contributed by atoms with Gasteiger partial charge in [0.2, 0.25) is 0 Å². The first-order chi connectivity index (χ1) is 8.08. The van der Waals surface area contributed by atoms with Crippen LogP contribution >= 0.6 is 0 Å². The van der Waals surface area contributed by atoms with Gasteiger partial charge in [0, 0.05) is 13.2 Å². The number of benzene rings is 1. The molecular weight excluding hydrogens is 212 g/mol. The van der Waals surface area contributed by atoms with Crippen LogP contribution in [0.2, 0.25) is 0 Å². The number of rotatable bonds is 3. The summed E-state index contributed by atoms with van der Waals surface area (Å²) in [7, 11) is 0. The zero-order chi connectivity index (χ0) is 12.3. The van der Waals surface area contributed by atoms with E-state index in [4.69, 9.17) is 4.74 Å². The molecule has 1 aromatic carbocycles. The number of hydrogen-bond acceptors (Lipinski definition) is 2. The third kappa shape index (κ3) is 3.30. The highest BCUT2D eigenvalue weighted by atomic mass is 16.5. The van der Waals surface area contributed by atoms with E-state index in [1.54, 1.807) is 0 Å². The third-order valence-electron chi connectivity index (χ3n) is 3.70. The first-order valence-electron chi connectivity index (χ1n) is 6.45. The number of aryl methyl sites for hydroxylation is 1. The predicted molar refractivity (Wildman–Crippen MR) is 68.9 cm³/mol. The molecule has 0 radical (unpaired) electrons. The SMILES string of the molecule is Cc1ccc(C(C)(O)CC2CCOCC2)cc1. The van der Waals surface area contributed by atoms with E-state index < -0.39 is 5.60 Å². The second-order valence-corrected chi connectivity index (χ2v) is 5.40. The molecule has 1 atom stereocenters. The van der Waals surface area contributed by atoms with Crippen molar-refractivity contribution in [3.8, 4) is 0 Å². The minimum absolute atomic E-state index is 0.583. The maximum Gasteiger partial charge on any atom is 0.0871 e. The first kappa shape index (κ1) is 12.6. The van der Waals surface area contributed by atoms with E-state index in [1.165, 1.54) is 5.56 Å². The Balaban J connectivity index is 2.04. The Morgan fingerprint density at radius 1 is 1.24 bits per heavy atom. The first-order valence-corrected chi connectivity index (χ1v) is 6.45. The van der Waals surface area contributed by atoms with Crippen molar-refractivity contribution in [2.24, 2.45) is 5.92 Å². The minimum atomic E-state index is -0.713. The van der Waals surface area contributed by atoms with Crippen LogP contribution in [0.4, 0.5) is 0 Å². The molecule has 1 aliphatic heterocycles. The van der Waals surface area contributed by atoms with Crippen LogP contribution in [0, 0.1) is 12.8 Å². The largest absolute Gasteiger partial charge is 0.385 e. The van der Waals surface area contributed by atoms with Crippen LogP contribution in [-0.4, -0.2) is 18.3 Å². The molecule has 1 unspecified atom stereocenters. The van der Waals surface area contributed by atoms with E-state index in [0.29, 0.717) is 5.92 Å². The Labute approximate surface area is 104 Å². The van der Waals surface area contributed by atoms with Gasteiger partial charge in [-0.2, -0.15) is 0 Å². The van der Waals surface area contributed by atoms with Crippen molar-refractivity contribution in [1.82, 2.24) is 0 Å². The highest BCUT2D eigenvalue weighted by Crippen LogP contribution is 2.32. The van der Waals surface area contributed by atoms with Crippen LogP contribution in [-0.2, 0) is 10.3 Å². The molecule has 1 saturated heterocycles. The van der Waals surface area contributed by atoms with Crippen LogP contribution in [0.25, 0.3) is 0 Å². The maximum absolute atomic E-state index is 10.6. The summed E-state index contributed by atoms with van der Waals surface area (Å²) in [6, 6.07) is 8.20. The Hall–Kier alpha value is -0.860. The summed E-state index contributed by atoms with van der Waals surface area (Å²) >= 11 is 0. The summed E-state index contributed by atoms with van der Waals surface area (Å²) in [5.41, 5.74) is 1.54. The minimum Gasteiger partial charge on any atom is -0.385 e. The molecule has 0 amide bonds. The molecule has 1 fully saturated rings. The smallest absolute Gasteiger partial charge is 0.0871 e. The van der Waals surface area contributed by atoms with Crippen molar-refractivity contribution in [3.05, 3.63) is 35.4 Å². The van der Waals surface area contributed by atoms with E-state index in [-0.39, 0.29) is 0 Å². The zero-order valence-electron chi connectivity index (χ0n) is 10.8. The average molecular weight is 234 g/mol. The molecule has 1 heterocycles. The van der Waals surface area contributed by atoms with Crippen LogP contribution in [0.5, 0.6) is 0 Å². The summed E-state index contributed by atoms with van der Waals surface area (Å²) < 4.78 is 5.35. The van der Waals surface area contributed by atoms with E-state index in [0.717, 1.165) is 38.0 Å². The van der Waals surface area contributed by atoms with Gasteiger partial charge in [-0.25, -0.2) is 0 Å². The molecule has 1 aromatic rings. The summed E-state index contributed by atoms with van der Waals surface area (Å²) in [6.45, 7) is 5.67. The summed E-state index contributed by atoms with van der Waals surface area (Å²) in [6.07, 6.45) is 2.98. The highest BCUT2D eigenvalue weighted by molar-refractivity contribution is 5.26. The van der Waals surface area contributed by atoms with Crippen LogP contribution in [0.1, 0.15) is 37.3 Å². The van der Waals surface area contributed by atoms with E-state index in [2.05, 4.69) is 19.1 Å². The van der Waals surface area contributed by atoms with Gasteiger partial charge in [-0.3, -0.25) is 0 Å². The molecule has 1 aliphatic rings. The Morgan fingerprint density at radius 3 is 2.41 bits per heavy atom. The topological polar surface area (TPSA) is 29.5 Å². The molecule has 0 aromatic heterocycles. The molecule has 2 rings (SSSR count). The fourth-order valence-corrected chi connectivity index (χ4v) is 2.54. The van der Waals surface area contributed by atoms with Crippen molar-refractivity contribution in [1.29, 1.82) is 0 Å². The molecule has 94 valence electrons. The van der Waals surface area contributed by atoms with Crippen molar-refractivity contribution in [3.63, 3.8) is 0 Å². The second kappa shape index (κ2) is 5.19. The van der Waals surface area contributed by atoms with E-state index >= 15 is 0 Å². The molecule has 0 spiro atoms. The van der Waals surface area contributed by atoms with Gasteiger partial charge in [-0.15, -0.1) is 0 Å². The number of ether oxygens (including phenoxy) is 1. The van der Waals surface area contributed by atoms with Gasteiger partial charge in [0.25, 0.3) is 0 Å². The molecule has 0 saturated carbocycles. The highest BCUT2D eigenvalue weighted by Gasteiger charge is 2.28. The zero-order valence-corrected chi connectivity index (χ0v) is 10.8. The average Bonchev–Trinajstić information content (AvgIpc) is 2.30. The molecule has 0 bridgehead atoms. The maximum atomic E-state index is 10.6. The van der Waals surface area contributed by atoms with Crippen LogP contribution < -0.4 is 0 Å². The Bertz CT molecular complexity index is 348. The molecule has 2 heteroatoms. The standard InChI is InChI=1S/C15H22O2/c1-12-3-5-14(6-4-12)15(2,16)11-13-7-9-17-10-8-13/h3-6,13,16H,7-11H2,1-2H3. The lowest BCUT2D eigenvalue weighted by molar-refractivity contribution is -0.00304. The fourth-order valence-electron chi connectivity index (χ4n) is 2.54. The summed E-state index contributed by atoms with van der Waals surface area (Å²) in [4.78, 5) is 0. The Kier molecular flexibility index (Phi) is 3.85. The molecule has 0 aliphatic carbocycles. The second-order valence-electron chi connectivity index (χ2n) is 5.40. The van der Waals surface area contributed by atoms with Gasteiger partial charge in [0.1, 0.15) is 0 Å². The number of aliphatic hydroxyl groups is 1. The van der Waals surface area contributed by atoms with Gasteiger partial charge in [0.05, 0.1) is 5.60 Å². The lowest BCUT2D eigenvalue weighted by Gasteiger charge is -2.31. The molecule has 17 heavy (non-hydrogen) atoms. The van der Waals surface area contributed by atoms with E-state index in [9.17, 15) is 5.11 Å². The summed E-state index contributed by atoms with van der Waals surface area (Å²) in [5.74, 6) is 0.583. The molecule has 2 nitrogen and oxygen atoms in total. The van der Waals surface area contributed by atoms with Crippen LogP contribution in [0.15, 0.2) is 24.3 Å². The molecule has 1 N–H and O–H groups in total. The van der Waals surface area contributed by atoms with Gasteiger partial charge in [-0.05, 0) is 44.6 Å². The van der Waals surface area contributed by atoms with Crippen molar-refractivity contribution >= 4 is 0 Å². The van der Waals surface area contributed by atoms with Gasteiger partial charge >= 0.3 is 0 Å². The van der Waals surface area contributed by atoms with Crippen LogP contribution in [0.3, 0.4) is 0 Å². The van der Waals surface area contributed by atoms with Gasteiger partial charge in [0.15, 0.2) is 0 Å². The normalized spacial score (nSPS) is 21.1. The quantitative estimate of drug-likeness (QED) is 0.871. The van der Waals surface area contributed by atoms with Crippen molar-refractivity contribution in [2.75, 3.05) is 13.2 Å².